The Morgan fingerprint density at radius 3 is 1.39 bits per heavy atom. The van der Waals surface area contributed by atoms with Gasteiger partial charge in [0.2, 0.25) is 11.8 Å². The maximum absolute atomic E-state index is 13.5. The number of carbonyl (C=O) groups is 3. The summed E-state index contributed by atoms with van der Waals surface area (Å²) in [6, 6.07) is 37.6. The molecule has 7 rings (SSSR count). The van der Waals surface area contributed by atoms with Gasteiger partial charge in [-0.3, -0.25) is 9.59 Å². The minimum absolute atomic E-state index is 0.00548. The van der Waals surface area contributed by atoms with Crippen LogP contribution in [0.4, 0.5) is 4.79 Å². The molecule has 406 valence electrons. The van der Waals surface area contributed by atoms with E-state index in [0.29, 0.717) is 56.4 Å². The highest BCUT2D eigenvalue weighted by Crippen LogP contribution is 2.37. The third kappa shape index (κ3) is 18.5. The van der Waals surface area contributed by atoms with Crippen molar-refractivity contribution in [3.8, 4) is 0 Å². The van der Waals surface area contributed by atoms with Gasteiger partial charge in [0.1, 0.15) is 6.61 Å². The molecule has 0 saturated carbocycles. The van der Waals surface area contributed by atoms with Crippen molar-refractivity contribution >= 4 is 38.3 Å². The highest BCUT2D eigenvalue weighted by molar-refractivity contribution is 7.87. The first kappa shape index (κ1) is 59.6. The minimum atomic E-state index is -3.75. The highest BCUT2D eigenvalue weighted by atomic mass is 32.2. The van der Waals surface area contributed by atoms with Crippen LogP contribution in [0, 0.1) is 10.8 Å². The Hall–Kier alpha value is -5.25. The van der Waals surface area contributed by atoms with Crippen LogP contribution < -0.4 is 25.4 Å². The second-order valence-corrected chi connectivity index (χ2v) is 22.3. The number of benzene rings is 4. The van der Waals surface area contributed by atoms with Crippen molar-refractivity contribution in [3.63, 3.8) is 0 Å². The van der Waals surface area contributed by atoms with E-state index < -0.39 is 31.9 Å². The SMILES string of the molecule is CCc1ccc(CCNC(=O)C2(Cc3ccccc3)CCN(S(=O)(=O)NCCOC)CC2)cc1.CCc1ccc(CCNC(=O)C2(Cc3ccccc3)CCNCC2)cc1.COCCNS(=O)(=O)N1CCOC1=O. The van der Waals surface area contributed by atoms with Gasteiger partial charge in [-0.15, -0.1) is 0 Å². The van der Waals surface area contributed by atoms with E-state index in [1.54, 1.807) is 0 Å². The Kier molecular flexibility index (Phi) is 24.4. The third-order valence-corrected chi connectivity index (χ3v) is 16.9. The lowest BCUT2D eigenvalue weighted by Gasteiger charge is -2.40. The number of hydrogen-bond donors (Lipinski definition) is 5. The molecule has 74 heavy (non-hydrogen) atoms. The first-order chi connectivity index (χ1) is 35.7. The predicted octanol–water partition coefficient (Wildman–Crippen LogP) is 5.15. The fourth-order valence-electron chi connectivity index (χ4n) is 9.21. The predicted molar refractivity (Wildman–Crippen MR) is 289 cm³/mol. The number of nitrogens with zero attached hydrogens (tertiary/aromatic N) is 2. The zero-order chi connectivity index (χ0) is 53.3. The Bertz CT molecular complexity index is 2520. The quantitative estimate of drug-likeness (QED) is 0.0579. The van der Waals surface area contributed by atoms with Crippen molar-refractivity contribution in [2.75, 3.05) is 92.9 Å². The van der Waals surface area contributed by atoms with Crippen molar-refractivity contribution in [1.82, 2.24) is 34.0 Å². The molecule has 3 aliphatic rings. The lowest BCUT2D eigenvalue weighted by molar-refractivity contribution is -0.133. The standard InChI is InChI=1S/C26H37N3O4S.C23H30N2O.C6H12N2O5S/c1-3-22-9-11-23(12-10-22)13-16-27-25(30)26(21-24-7-5-4-6-8-24)14-18-29(19-15-26)34(31,32)28-17-20-33-2;1-2-19-8-10-20(11-9-19)12-15-25-22(26)23(13-16-24-17-14-23)18-21-6-4-3-5-7-21;1-12-4-2-7-14(10,11)8-3-5-13-6(8)9/h4-12,28H,3,13-21H2,1-2H3,(H,27,30);3-11,24H,2,12-18H2,1H3,(H,25,26);7H,2-5H2,1H3. The van der Waals surface area contributed by atoms with E-state index in [-0.39, 0.29) is 50.1 Å². The van der Waals surface area contributed by atoms with Crippen LogP contribution in [0.5, 0.6) is 0 Å². The molecule has 0 unspecified atom stereocenters. The lowest BCUT2D eigenvalue weighted by Crippen LogP contribution is -2.53. The lowest BCUT2D eigenvalue weighted by atomic mass is 9.73. The summed E-state index contributed by atoms with van der Waals surface area (Å²) >= 11 is 0. The van der Waals surface area contributed by atoms with E-state index in [0.717, 1.165) is 63.6 Å². The normalized spacial score (nSPS) is 16.4. The van der Waals surface area contributed by atoms with Crippen molar-refractivity contribution in [1.29, 1.82) is 0 Å². The summed E-state index contributed by atoms with van der Waals surface area (Å²) in [4.78, 5) is 37.5. The zero-order valence-electron chi connectivity index (χ0n) is 43.7. The van der Waals surface area contributed by atoms with Gasteiger partial charge in [0, 0.05) is 53.5 Å². The molecule has 0 radical (unpaired) electrons. The van der Waals surface area contributed by atoms with Crippen molar-refractivity contribution in [2.24, 2.45) is 10.8 Å². The number of cyclic esters (lactones) is 1. The number of hydrogen-bond acceptors (Lipinski definition) is 11. The van der Waals surface area contributed by atoms with E-state index in [1.165, 1.54) is 46.3 Å². The molecular formula is C55H79N7O10S2. The molecule has 5 N–H and O–H groups in total. The molecule has 4 aromatic carbocycles. The molecule has 0 aromatic heterocycles. The van der Waals surface area contributed by atoms with E-state index in [1.807, 2.05) is 36.4 Å². The van der Waals surface area contributed by atoms with Crippen LogP contribution in [0.15, 0.2) is 109 Å². The van der Waals surface area contributed by atoms with E-state index in [9.17, 15) is 31.2 Å². The summed E-state index contributed by atoms with van der Waals surface area (Å²) in [5.74, 6) is 0.221. The molecule has 4 aromatic rings. The first-order valence-electron chi connectivity index (χ1n) is 25.9. The van der Waals surface area contributed by atoms with Crippen molar-refractivity contribution < 1.29 is 45.4 Å². The molecule has 3 saturated heterocycles. The van der Waals surface area contributed by atoms with Crippen molar-refractivity contribution in [2.45, 2.75) is 78.1 Å². The van der Waals surface area contributed by atoms with Gasteiger partial charge in [0.05, 0.1) is 30.6 Å². The maximum Gasteiger partial charge on any atom is 0.424 e. The monoisotopic (exact) mass is 1060 g/mol. The second kappa shape index (κ2) is 30.3. The highest BCUT2D eigenvalue weighted by Gasteiger charge is 2.44. The number of carbonyl (C=O) groups excluding carboxylic acids is 3. The van der Waals surface area contributed by atoms with Crippen LogP contribution in [0.2, 0.25) is 0 Å². The molecule has 3 fully saturated rings. The minimum Gasteiger partial charge on any atom is -0.447 e. The van der Waals surface area contributed by atoms with Crippen molar-refractivity contribution in [3.05, 3.63) is 143 Å². The summed E-state index contributed by atoms with van der Waals surface area (Å²) in [6.07, 6.45) is 7.06. The molecule has 19 heteroatoms. The summed E-state index contributed by atoms with van der Waals surface area (Å²) in [7, 11) is -4.35. The fourth-order valence-corrected chi connectivity index (χ4v) is 11.5. The van der Waals surface area contributed by atoms with Crippen LogP contribution in [0.25, 0.3) is 0 Å². The van der Waals surface area contributed by atoms with Crippen LogP contribution in [0.1, 0.15) is 72.9 Å². The van der Waals surface area contributed by atoms with Gasteiger partial charge in [-0.05, 0) is 111 Å². The largest absolute Gasteiger partial charge is 0.447 e. The molecule has 3 amide bonds. The van der Waals surface area contributed by atoms with Crippen LogP contribution in [0.3, 0.4) is 0 Å². The van der Waals surface area contributed by atoms with Gasteiger partial charge in [0.15, 0.2) is 0 Å². The van der Waals surface area contributed by atoms with Crippen LogP contribution >= 0.6 is 0 Å². The van der Waals surface area contributed by atoms with Gasteiger partial charge in [-0.25, -0.2) is 4.79 Å². The summed E-state index contributed by atoms with van der Waals surface area (Å²) in [5.41, 5.74) is 6.55. The first-order valence-corrected chi connectivity index (χ1v) is 28.7. The molecule has 3 aliphatic heterocycles. The number of amides is 3. The van der Waals surface area contributed by atoms with Gasteiger partial charge in [0.25, 0.3) is 10.2 Å². The molecule has 0 aliphatic carbocycles. The molecule has 0 spiro atoms. The number of nitrogens with one attached hydrogen (secondary N) is 5. The zero-order valence-corrected chi connectivity index (χ0v) is 45.4. The number of aryl methyl sites for hydroxylation is 2. The van der Waals surface area contributed by atoms with Gasteiger partial charge in [-0.1, -0.05) is 123 Å². The smallest absolute Gasteiger partial charge is 0.424 e. The molecular weight excluding hydrogens is 983 g/mol. The molecule has 0 atom stereocenters. The molecule has 17 nitrogen and oxygen atoms in total. The Morgan fingerprint density at radius 2 is 0.986 bits per heavy atom. The average Bonchev–Trinajstić information content (AvgIpc) is 3.87. The third-order valence-electron chi connectivity index (χ3n) is 13.8. The summed E-state index contributed by atoms with van der Waals surface area (Å²) in [5, 5.41) is 9.76. The Labute approximate surface area is 440 Å². The van der Waals surface area contributed by atoms with Gasteiger partial charge in [-0.2, -0.15) is 34.9 Å². The van der Waals surface area contributed by atoms with Gasteiger partial charge >= 0.3 is 16.3 Å². The van der Waals surface area contributed by atoms with Gasteiger partial charge < -0.3 is 30.2 Å². The summed E-state index contributed by atoms with van der Waals surface area (Å²) < 4.78 is 69.0. The number of piperidine rings is 2. The van der Waals surface area contributed by atoms with Crippen LogP contribution in [-0.2, 0) is 82.7 Å². The topological polar surface area (TPSA) is 214 Å². The maximum atomic E-state index is 13.5. The number of methoxy groups -OCH3 is 2. The molecule has 3 heterocycles. The fraction of sp³-hybridized carbons (Fsp3) is 0.509. The Morgan fingerprint density at radius 1 is 0.568 bits per heavy atom. The van der Waals surface area contributed by atoms with E-state index >= 15 is 0 Å². The molecule has 0 bridgehead atoms. The second-order valence-electron chi connectivity index (χ2n) is 18.9. The summed E-state index contributed by atoms with van der Waals surface area (Å²) in [6.45, 7) is 9.08. The van der Waals surface area contributed by atoms with E-state index in [2.05, 4.69) is 122 Å². The number of ether oxygens (including phenoxy) is 3. The van der Waals surface area contributed by atoms with Crippen LogP contribution in [-0.4, -0.2) is 136 Å². The van der Waals surface area contributed by atoms with E-state index in [4.69, 9.17) is 4.74 Å². The average molecular weight is 1060 g/mol. The number of rotatable bonds is 24. The Balaban J connectivity index is 0.000000223.